The van der Waals surface area contributed by atoms with Crippen LogP contribution in [0.25, 0.3) is 0 Å². The molecule has 2 aromatic carbocycles. The summed E-state index contributed by atoms with van der Waals surface area (Å²) in [7, 11) is 0. The number of ketones is 1. The second kappa shape index (κ2) is 7.11. The normalized spacial score (nSPS) is 10.3. The number of Topliss-reactive ketones (excluding diaryl/α,β-unsaturated/α-hetero) is 1. The molecule has 2 nitrogen and oxygen atoms in total. The molecule has 0 aliphatic heterocycles. The summed E-state index contributed by atoms with van der Waals surface area (Å²) in [6.45, 7) is 2.39. The number of rotatable bonds is 6. The molecule has 1 N–H and O–H groups in total. The van der Waals surface area contributed by atoms with Gasteiger partial charge in [0, 0.05) is 23.7 Å². The lowest BCUT2D eigenvalue weighted by atomic mass is 10.1. The van der Waals surface area contributed by atoms with E-state index in [1.807, 2.05) is 36.4 Å². The van der Waals surface area contributed by atoms with Gasteiger partial charge in [-0.1, -0.05) is 35.9 Å². The highest BCUT2D eigenvalue weighted by atomic mass is 35.5. The zero-order chi connectivity index (χ0) is 14.4. The lowest BCUT2D eigenvalue weighted by Gasteiger charge is -2.07. The van der Waals surface area contributed by atoms with Crippen molar-refractivity contribution in [2.45, 2.75) is 26.3 Å². The summed E-state index contributed by atoms with van der Waals surface area (Å²) in [5.74, 6) is 0.231. The van der Waals surface area contributed by atoms with Crippen molar-refractivity contribution in [3.8, 4) is 0 Å². The van der Waals surface area contributed by atoms with Crippen molar-refractivity contribution in [3.05, 3.63) is 64.7 Å². The number of carbonyl (C=O) groups is 1. The summed E-state index contributed by atoms with van der Waals surface area (Å²) < 4.78 is 0. The third-order valence-electron chi connectivity index (χ3n) is 3.13. The molecular formula is C17H18ClNO. The minimum atomic E-state index is 0.231. The lowest BCUT2D eigenvalue weighted by molar-refractivity contribution is -0.116. The van der Waals surface area contributed by atoms with Crippen LogP contribution in [0, 0.1) is 0 Å². The summed E-state index contributed by atoms with van der Waals surface area (Å²) in [6.07, 6.45) is 1.42. The number of benzene rings is 2. The van der Waals surface area contributed by atoms with Crippen molar-refractivity contribution >= 4 is 23.1 Å². The summed E-state index contributed by atoms with van der Waals surface area (Å²) >= 11 is 5.85. The van der Waals surface area contributed by atoms with Crippen LogP contribution in [0.3, 0.4) is 0 Å². The first kappa shape index (κ1) is 14.6. The molecule has 0 atom stereocenters. The van der Waals surface area contributed by atoms with Crippen LogP contribution >= 0.6 is 11.6 Å². The zero-order valence-electron chi connectivity index (χ0n) is 11.5. The van der Waals surface area contributed by atoms with E-state index in [2.05, 4.69) is 17.4 Å². The smallest absolute Gasteiger partial charge is 0.130 e. The number of carbonyl (C=O) groups excluding carboxylic acids is 1. The Morgan fingerprint density at radius 1 is 1.00 bits per heavy atom. The molecule has 0 bridgehead atoms. The molecule has 104 valence electrons. The Labute approximate surface area is 124 Å². The molecule has 2 aromatic rings. The maximum Gasteiger partial charge on any atom is 0.130 e. The molecule has 0 unspecified atom stereocenters. The standard InChI is InChI=1S/C17H18ClNO/c1-13(20)2-3-14-6-10-17(11-7-14)19-12-15-4-8-16(18)9-5-15/h4-11,19H,2-3,12H2,1H3. The predicted molar refractivity (Wildman–Crippen MR) is 84.2 cm³/mol. The van der Waals surface area contributed by atoms with Gasteiger partial charge in [-0.15, -0.1) is 0 Å². The van der Waals surface area contributed by atoms with E-state index in [9.17, 15) is 4.79 Å². The van der Waals surface area contributed by atoms with Gasteiger partial charge >= 0.3 is 0 Å². The Morgan fingerprint density at radius 2 is 1.60 bits per heavy atom. The molecule has 0 saturated carbocycles. The number of halogens is 1. The van der Waals surface area contributed by atoms with Crippen LogP contribution < -0.4 is 5.32 Å². The lowest BCUT2D eigenvalue weighted by Crippen LogP contribution is -1.99. The van der Waals surface area contributed by atoms with Gasteiger partial charge in [0.2, 0.25) is 0 Å². The van der Waals surface area contributed by atoms with E-state index in [1.165, 1.54) is 11.1 Å². The average molecular weight is 288 g/mol. The fourth-order valence-electron chi connectivity index (χ4n) is 1.92. The van der Waals surface area contributed by atoms with Crippen LogP contribution in [-0.4, -0.2) is 5.78 Å². The van der Waals surface area contributed by atoms with Gasteiger partial charge in [0.25, 0.3) is 0 Å². The maximum absolute atomic E-state index is 10.9. The summed E-state index contributed by atoms with van der Waals surface area (Å²) in [5.41, 5.74) is 3.46. The third kappa shape index (κ3) is 4.71. The van der Waals surface area contributed by atoms with E-state index < -0.39 is 0 Å². The van der Waals surface area contributed by atoms with E-state index in [1.54, 1.807) is 6.92 Å². The van der Waals surface area contributed by atoms with Gasteiger partial charge in [-0.05, 0) is 48.7 Å². The quantitative estimate of drug-likeness (QED) is 0.849. The van der Waals surface area contributed by atoms with E-state index in [-0.39, 0.29) is 5.78 Å². The Hall–Kier alpha value is -1.80. The molecule has 0 amide bonds. The highest BCUT2D eigenvalue weighted by Gasteiger charge is 1.98. The number of anilines is 1. The molecule has 0 fully saturated rings. The zero-order valence-corrected chi connectivity index (χ0v) is 12.3. The van der Waals surface area contributed by atoms with Gasteiger partial charge in [0.1, 0.15) is 5.78 Å². The maximum atomic E-state index is 10.9. The van der Waals surface area contributed by atoms with Gasteiger partial charge in [-0.3, -0.25) is 0 Å². The predicted octanol–water partition coefficient (Wildman–Crippen LogP) is 4.47. The molecule has 0 radical (unpaired) electrons. The Kier molecular flexibility index (Phi) is 5.19. The first-order valence-corrected chi connectivity index (χ1v) is 7.08. The fraction of sp³-hybridized carbons (Fsp3) is 0.235. The SMILES string of the molecule is CC(=O)CCc1ccc(NCc2ccc(Cl)cc2)cc1. The van der Waals surface area contributed by atoms with Crippen molar-refractivity contribution in [1.29, 1.82) is 0 Å². The summed E-state index contributed by atoms with van der Waals surface area (Å²) in [6, 6.07) is 16.0. The van der Waals surface area contributed by atoms with Crippen molar-refractivity contribution in [3.63, 3.8) is 0 Å². The Morgan fingerprint density at radius 3 is 2.20 bits per heavy atom. The van der Waals surface area contributed by atoms with E-state index in [4.69, 9.17) is 11.6 Å². The second-order valence-electron chi connectivity index (χ2n) is 4.88. The topological polar surface area (TPSA) is 29.1 Å². The molecular weight excluding hydrogens is 270 g/mol. The van der Waals surface area contributed by atoms with Crippen molar-refractivity contribution < 1.29 is 4.79 Å². The van der Waals surface area contributed by atoms with E-state index in [0.717, 1.165) is 23.7 Å². The molecule has 0 aromatic heterocycles. The van der Waals surface area contributed by atoms with Gasteiger partial charge < -0.3 is 10.1 Å². The Bertz CT molecular complexity index is 561. The summed E-state index contributed by atoms with van der Waals surface area (Å²) in [5, 5.41) is 4.12. The van der Waals surface area contributed by atoms with Crippen LogP contribution in [0.5, 0.6) is 0 Å². The first-order chi connectivity index (χ1) is 9.63. The molecule has 0 heterocycles. The minimum Gasteiger partial charge on any atom is -0.381 e. The average Bonchev–Trinajstić information content (AvgIpc) is 2.45. The first-order valence-electron chi connectivity index (χ1n) is 6.70. The number of hydrogen-bond donors (Lipinski definition) is 1. The molecule has 0 saturated heterocycles. The molecule has 0 spiro atoms. The number of nitrogens with one attached hydrogen (secondary N) is 1. The minimum absolute atomic E-state index is 0.231. The van der Waals surface area contributed by atoms with Gasteiger partial charge in [0.05, 0.1) is 0 Å². The van der Waals surface area contributed by atoms with Crippen LogP contribution in [0.15, 0.2) is 48.5 Å². The monoisotopic (exact) mass is 287 g/mol. The fourth-order valence-corrected chi connectivity index (χ4v) is 2.04. The third-order valence-corrected chi connectivity index (χ3v) is 3.38. The molecule has 0 aliphatic carbocycles. The summed E-state index contributed by atoms with van der Waals surface area (Å²) in [4.78, 5) is 10.9. The number of aryl methyl sites for hydroxylation is 1. The van der Waals surface area contributed by atoms with E-state index in [0.29, 0.717) is 6.42 Å². The molecule has 20 heavy (non-hydrogen) atoms. The van der Waals surface area contributed by atoms with Gasteiger partial charge in [-0.25, -0.2) is 0 Å². The van der Waals surface area contributed by atoms with Crippen molar-refractivity contribution in [2.75, 3.05) is 5.32 Å². The second-order valence-corrected chi connectivity index (χ2v) is 5.32. The largest absolute Gasteiger partial charge is 0.381 e. The van der Waals surface area contributed by atoms with Crippen LogP contribution in [-0.2, 0) is 17.8 Å². The van der Waals surface area contributed by atoms with Crippen LogP contribution in [0.4, 0.5) is 5.69 Å². The van der Waals surface area contributed by atoms with Crippen molar-refractivity contribution in [1.82, 2.24) is 0 Å². The van der Waals surface area contributed by atoms with E-state index >= 15 is 0 Å². The Balaban J connectivity index is 1.87. The highest BCUT2D eigenvalue weighted by Crippen LogP contribution is 2.14. The molecule has 3 heteroatoms. The van der Waals surface area contributed by atoms with Crippen molar-refractivity contribution in [2.24, 2.45) is 0 Å². The van der Waals surface area contributed by atoms with Crippen LogP contribution in [0.2, 0.25) is 5.02 Å². The van der Waals surface area contributed by atoms with Gasteiger partial charge in [-0.2, -0.15) is 0 Å². The van der Waals surface area contributed by atoms with Gasteiger partial charge in [0.15, 0.2) is 0 Å². The van der Waals surface area contributed by atoms with Crippen LogP contribution in [0.1, 0.15) is 24.5 Å². The highest BCUT2D eigenvalue weighted by molar-refractivity contribution is 6.30. The molecule has 2 rings (SSSR count). The molecule has 0 aliphatic rings. The number of hydrogen-bond acceptors (Lipinski definition) is 2.